The molecule has 0 amide bonds. The molecule has 1 aliphatic carbocycles. The molecule has 1 saturated carbocycles. The second-order valence-electron chi connectivity index (χ2n) is 4.72. The summed E-state index contributed by atoms with van der Waals surface area (Å²) in [5.74, 6) is -0.571. The lowest BCUT2D eigenvalue weighted by Gasteiger charge is -2.07. The number of carboxylic acids is 1. The topological polar surface area (TPSA) is 50.2 Å². The van der Waals surface area contributed by atoms with Crippen LogP contribution in [0.15, 0.2) is 40.9 Å². The maximum atomic E-state index is 11.2. The Morgan fingerprint density at radius 1 is 1.16 bits per heavy atom. The quantitative estimate of drug-likeness (QED) is 0.927. The summed E-state index contributed by atoms with van der Waals surface area (Å²) >= 11 is 3.40. The molecule has 4 heteroatoms. The van der Waals surface area contributed by atoms with Crippen LogP contribution in [-0.2, 0) is 0 Å². The van der Waals surface area contributed by atoms with E-state index >= 15 is 0 Å². The van der Waals surface area contributed by atoms with Crippen molar-refractivity contribution in [3.05, 3.63) is 52.1 Å². The van der Waals surface area contributed by atoms with Gasteiger partial charge < -0.3 is 5.11 Å². The van der Waals surface area contributed by atoms with Gasteiger partial charge in [0.2, 0.25) is 0 Å². The van der Waals surface area contributed by atoms with Gasteiger partial charge in [0.15, 0.2) is 0 Å². The number of halogens is 1. The van der Waals surface area contributed by atoms with Crippen LogP contribution in [0.3, 0.4) is 0 Å². The first-order chi connectivity index (χ1) is 9.15. The Bertz CT molecular complexity index is 633. The SMILES string of the molecule is O=C(O)c1ccc(-c2ccc(Br)cc2)nc1C1CC1. The van der Waals surface area contributed by atoms with Crippen LogP contribution in [-0.4, -0.2) is 16.1 Å². The average molecular weight is 318 g/mol. The van der Waals surface area contributed by atoms with Crippen molar-refractivity contribution in [3.63, 3.8) is 0 Å². The number of aromatic nitrogens is 1. The van der Waals surface area contributed by atoms with E-state index in [9.17, 15) is 9.90 Å². The third-order valence-electron chi connectivity index (χ3n) is 3.26. The van der Waals surface area contributed by atoms with Gasteiger partial charge >= 0.3 is 5.97 Å². The fourth-order valence-corrected chi connectivity index (χ4v) is 2.37. The van der Waals surface area contributed by atoms with E-state index < -0.39 is 5.97 Å². The van der Waals surface area contributed by atoms with E-state index in [4.69, 9.17) is 0 Å². The Labute approximate surface area is 119 Å². The van der Waals surface area contributed by atoms with Crippen LogP contribution in [0.25, 0.3) is 11.3 Å². The Balaban J connectivity index is 2.05. The van der Waals surface area contributed by atoms with Gasteiger partial charge in [0.05, 0.1) is 17.0 Å². The summed E-state index contributed by atoms with van der Waals surface area (Å²) in [6.45, 7) is 0. The number of carbonyl (C=O) groups is 1. The summed E-state index contributed by atoms with van der Waals surface area (Å²) in [5.41, 5.74) is 2.90. The molecule has 1 heterocycles. The molecule has 96 valence electrons. The van der Waals surface area contributed by atoms with Gasteiger partial charge in [-0.05, 0) is 37.1 Å². The van der Waals surface area contributed by atoms with Gasteiger partial charge in [-0.25, -0.2) is 4.79 Å². The molecular formula is C15H12BrNO2. The minimum absolute atomic E-state index is 0.321. The first kappa shape index (κ1) is 12.4. The zero-order valence-electron chi connectivity index (χ0n) is 10.1. The first-order valence-corrected chi connectivity index (χ1v) is 6.94. The normalized spacial score (nSPS) is 14.4. The summed E-state index contributed by atoms with van der Waals surface area (Å²) in [6, 6.07) is 11.3. The second kappa shape index (κ2) is 4.78. The van der Waals surface area contributed by atoms with E-state index in [1.807, 2.05) is 24.3 Å². The van der Waals surface area contributed by atoms with Crippen LogP contribution in [0.5, 0.6) is 0 Å². The van der Waals surface area contributed by atoms with Crippen molar-refractivity contribution in [2.45, 2.75) is 18.8 Å². The van der Waals surface area contributed by atoms with Crippen molar-refractivity contribution in [3.8, 4) is 11.3 Å². The molecule has 0 bridgehead atoms. The van der Waals surface area contributed by atoms with Crippen molar-refractivity contribution >= 4 is 21.9 Å². The highest BCUT2D eigenvalue weighted by atomic mass is 79.9. The molecule has 1 aliphatic rings. The van der Waals surface area contributed by atoms with E-state index in [1.165, 1.54) is 0 Å². The average Bonchev–Trinajstić information content (AvgIpc) is 3.23. The van der Waals surface area contributed by atoms with Gasteiger partial charge in [-0.1, -0.05) is 28.1 Å². The molecule has 0 spiro atoms. The number of aromatic carboxylic acids is 1. The molecule has 2 aromatic rings. The molecule has 19 heavy (non-hydrogen) atoms. The highest BCUT2D eigenvalue weighted by Crippen LogP contribution is 2.41. The van der Waals surface area contributed by atoms with Crippen molar-refractivity contribution in [2.75, 3.05) is 0 Å². The summed E-state index contributed by atoms with van der Waals surface area (Å²) < 4.78 is 1.01. The maximum Gasteiger partial charge on any atom is 0.337 e. The van der Waals surface area contributed by atoms with Gasteiger partial charge in [0.25, 0.3) is 0 Å². The van der Waals surface area contributed by atoms with Crippen molar-refractivity contribution < 1.29 is 9.90 Å². The predicted octanol–water partition coefficient (Wildman–Crippen LogP) is 4.09. The Morgan fingerprint density at radius 2 is 1.84 bits per heavy atom. The van der Waals surface area contributed by atoms with E-state index in [2.05, 4.69) is 20.9 Å². The Kier molecular flexibility index (Phi) is 3.11. The van der Waals surface area contributed by atoms with E-state index in [0.717, 1.165) is 34.3 Å². The van der Waals surface area contributed by atoms with Crippen molar-refractivity contribution in [1.82, 2.24) is 4.98 Å². The summed E-state index contributed by atoms with van der Waals surface area (Å²) in [4.78, 5) is 15.8. The fourth-order valence-electron chi connectivity index (χ4n) is 2.11. The minimum Gasteiger partial charge on any atom is -0.478 e. The third kappa shape index (κ3) is 2.54. The number of hydrogen-bond donors (Lipinski definition) is 1. The smallest absolute Gasteiger partial charge is 0.337 e. The summed E-state index contributed by atoms with van der Waals surface area (Å²) in [6.07, 6.45) is 2.08. The van der Waals surface area contributed by atoms with Gasteiger partial charge in [0.1, 0.15) is 0 Å². The minimum atomic E-state index is -0.892. The number of pyridine rings is 1. The lowest BCUT2D eigenvalue weighted by molar-refractivity contribution is 0.0695. The fraction of sp³-hybridized carbons (Fsp3) is 0.200. The molecule has 1 aromatic heterocycles. The van der Waals surface area contributed by atoms with Crippen LogP contribution >= 0.6 is 15.9 Å². The predicted molar refractivity (Wildman–Crippen MR) is 76.3 cm³/mol. The molecule has 0 radical (unpaired) electrons. The van der Waals surface area contributed by atoms with E-state index in [1.54, 1.807) is 12.1 Å². The van der Waals surface area contributed by atoms with E-state index in [-0.39, 0.29) is 0 Å². The van der Waals surface area contributed by atoms with Gasteiger partial charge in [0, 0.05) is 16.0 Å². The number of hydrogen-bond acceptors (Lipinski definition) is 2. The van der Waals surface area contributed by atoms with Crippen LogP contribution in [0.4, 0.5) is 0 Å². The van der Waals surface area contributed by atoms with Gasteiger partial charge in [-0.3, -0.25) is 4.98 Å². The zero-order valence-corrected chi connectivity index (χ0v) is 11.7. The first-order valence-electron chi connectivity index (χ1n) is 6.15. The Morgan fingerprint density at radius 3 is 2.42 bits per heavy atom. The number of rotatable bonds is 3. The molecule has 0 unspecified atom stereocenters. The molecule has 1 aromatic carbocycles. The molecule has 0 saturated heterocycles. The molecule has 0 atom stereocenters. The van der Waals surface area contributed by atoms with Gasteiger partial charge in [-0.15, -0.1) is 0 Å². The molecule has 0 aliphatic heterocycles. The number of nitrogens with zero attached hydrogens (tertiary/aromatic N) is 1. The van der Waals surface area contributed by atoms with E-state index in [0.29, 0.717) is 11.5 Å². The summed E-state index contributed by atoms with van der Waals surface area (Å²) in [7, 11) is 0. The van der Waals surface area contributed by atoms with Gasteiger partial charge in [-0.2, -0.15) is 0 Å². The maximum absolute atomic E-state index is 11.2. The molecule has 3 rings (SSSR count). The zero-order chi connectivity index (χ0) is 13.4. The molecule has 1 fully saturated rings. The molecule has 1 N–H and O–H groups in total. The second-order valence-corrected chi connectivity index (χ2v) is 5.63. The van der Waals surface area contributed by atoms with Crippen LogP contribution in [0.2, 0.25) is 0 Å². The van der Waals surface area contributed by atoms with Crippen LogP contribution in [0.1, 0.15) is 34.8 Å². The number of benzene rings is 1. The number of carboxylic acid groups (broad SMARTS) is 1. The third-order valence-corrected chi connectivity index (χ3v) is 3.79. The van der Waals surface area contributed by atoms with Crippen molar-refractivity contribution in [2.24, 2.45) is 0 Å². The van der Waals surface area contributed by atoms with Crippen LogP contribution in [0, 0.1) is 0 Å². The monoisotopic (exact) mass is 317 g/mol. The molecule has 3 nitrogen and oxygen atoms in total. The molecular weight excluding hydrogens is 306 g/mol. The lowest BCUT2D eigenvalue weighted by atomic mass is 10.1. The lowest BCUT2D eigenvalue weighted by Crippen LogP contribution is -2.04. The standard InChI is InChI=1S/C15H12BrNO2/c16-11-5-3-9(4-6-11)13-8-7-12(15(18)19)14(17-13)10-1-2-10/h3-8,10H,1-2H2,(H,18,19). The van der Waals surface area contributed by atoms with Crippen LogP contribution < -0.4 is 0 Å². The summed E-state index contributed by atoms with van der Waals surface area (Å²) in [5, 5.41) is 9.19. The Hall–Kier alpha value is -1.68. The largest absolute Gasteiger partial charge is 0.478 e. The highest BCUT2D eigenvalue weighted by Gasteiger charge is 2.29. The highest BCUT2D eigenvalue weighted by molar-refractivity contribution is 9.10. The van der Waals surface area contributed by atoms with Crippen molar-refractivity contribution in [1.29, 1.82) is 0 Å².